The highest BCUT2D eigenvalue weighted by Gasteiger charge is 2.30. The van der Waals surface area contributed by atoms with Gasteiger partial charge in [-0.1, -0.05) is 6.07 Å². The van der Waals surface area contributed by atoms with Crippen molar-refractivity contribution < 1.29 is 13.9 Å². The summed E-state index contributed by atoms with van der Waals surface area (Å²) in [6.07, 6.45) is 3.06. The quantitative estimate of drug-likeness (QED) is 0.553. The van der Waals surface area contributed by atoms with E-state index in [-0.39, 0.29) is 12.1 Å². The summed E-state index contributed by atoms with van der Waals surface area (Å²) >= 11 is 1.69. The molecular formula is C21H30N4O3S. The van der Waals surface area contributed by atoms with Gasteiger partial charge in [0.05, 0.1) is 12.8 Å². The van der Waals surface area contributed by atoms with Crippen molar-refractivity contribution in [3.05, 3.63) is 46.5 Å². The van der Waals surface area contributed by atoms with Crippen molar-refractivity contribution in [2.75, 3.05) is 19.6 Å². The Labute approximate surface area is 176 Å². The number of rotatable bonds is 6. The monoisotopic (exact) mass is 418 g/mol. The fourth-order valence-corrected chi connectivity index (χ4v) is 3.66. The Morgan fingerprint density at radius 2 is 2.24 bits per heavy atom. The van der Waals surface area contributed by atoms with Crippen LogP contribution in [0.2, 0.25) is 0 Å². The van der Waals surface area contributed by atoms with Gasteiger partial charge in [-0.3, -0.25) is 0 Å². The second-order valence-corrected chi connectivity index (χ2v) is 9.09. The van der Waals surface area contributed by atoms with Crippen molar-refractivity contribution in [2.24, 2.45) is 4.99 Å². The summed E-state index contributed by atoms with van der Waals surface area (Å²) in [6.45, 7) is 8.27. The Hall–Kier alpha value is -2.48. The number of carbonyl (C=O) groups excluding carboxylic acids is 1. The van der Waals surface area contributed by atoms with E-state index in [0.29, 0.717) is 26.2 Å². The lowest BCUT2D eigenvalue weighted by Crippen LogP contribution is -2.46. The Bertz CT molecular complexity index is 781. The lowest BCUT2D eigenvalue weighted by atomic mass is 10.2. The third-order valence-corrected chi connectivity index (χ3v) is 5.26. The minimum absolute atomic E-state index is 0.140. The van der Waals surface area contributed by atoms with E-state index >= 15 is 0 Å². The molecule has 0 spiro atoms. The van der Waals surface area contributed by atoms with E-state index in [1.54, 1.807) is 22.5 Å². The van der Waals surface area contributed by atoms with Gasteiger partial charge in [0.15, 0.2) is 5.96 Å². The third-order valence-electron chi connectivity index (χ3n) is 4.40. The molecule has 7 nitrogen and oxygen atoms in total. The standard InChI is InChI=1S/C21H30N4O3S/c1-21(2,3)28-20(26)25-11-9-16(15-25)24-19(23-14-18-7-5-13-29-18)22-10-8-17-6-4-12-27-17/h4-7,12-13,16H,8-11,14-15H2,1-3H3,(H2,22,23,24). The van der Waals surface area contributed by atoms with Gasteiger partial charge in [-0.2, -0.15) is 0 Å². The Morgan fingerprint density at radius 3 is 2.93 bits per heavy atom. The Balaban J connectivity index is 1.54. The smallest absolute Gasteiger partial charge is 0.410 e. The second kappa shape index (κ2) is 9.82. The first kappa shape index (κ1) is 21.2. The first-order valence-corrected chi connectivity index (χ1v) is 10.8. The maximum Gasteiger partial charge on any atom is 0.410 e. The van der Waals surface area contributed by atoms with Gasteiger partial charge in [0.1, 0.15) is 11.4 Å². The molecule has 3 heterocycles. The lowest BCUT2D eigenvalue weighted by molar-refractivity contribution is 0.0292. The first-order chi connectivity index (χ1) is 13.9. The van der Waals surface area contributed by atoms with Gasteiger partial charge in [-0.25, -0.2) is 9.79 Å². The van der Waals surface area contributed by atoms with Crippen LogP contribution in [0.15, 0.2) is 45.3 Å². The molecule has 0 aromatic carbocycles. The number of hydrogen-bond acceptors (Lipinski definition) is 5. The summed E-state index contributed by atoms with van der Waals surface area (Å²) in [4.78, 5) is 20.0. The predicted octanol–water partition coefficient (Wildman–Crippen LogP) is 3.63. The largest absolute Gasteiger partial charge is 0.469 e. The summed E-state index contributed by atoms with van der Waals surface area (Å²) in [5.41, 5.74) is -0.483. The number of furan rings is 1. The number of thiophene rings is 1. The number of likely N-dealkylation sites (tertiary alicyclic amines) is 1. The van der Waals surface area contributed by atoms with Crippen molar-refractivity contribution in [2.45, 2.75) is 51.8 Å². The molecule has 0 radical (unpaired) electrons. The minimum Gasteiger partial charge on any atom is -0.469 e. The number of aliphatic imine (C=N–C) groups is 1. The first-order valence-electron chi connectivity index (χ1n) is 9.96. The summed E-state index contributed by atoms with van der Waals surface area (Å²) in [5, 5.41) is 8.90. The zero-order chi connectivity index (χ0) is 20.7. The highest BCUT2D eigenvalue weighted by molar-refractivity contribution is 7.09. The summed E-state index contributed by atoms with van der Waals surface area (Å²) in [6, 6.07) is 8.11. The molecule has 29 heavy (non-hydrogen) atoms. The number of hydrogen-bond donors (Lipinski definition) is 2. The third kappa shape index (κ3) is 7.12. The number of nitrogens with zero attached hydrogens (tertiary/aromatic N) is 2. The van der Waals surface area contributed by atoms with Crippen LogP contribution in [0.5, 0.6) is 0 Å². The van der Waals surface area contributed by atoms with Crippen LogP contribution in [-0.4, -0.2) is 48.2 Å². The number of amides is 1. The zero-order valence-electron chi connectivity index (χ0n) is 17.3. The van der Waals surface area contributed by atoms with Crippen molar-refractivity contribution >= 4 is 23.4 Å². The molecular weight excluding hydrogens is 388 g/mol. The fraction of sp³-hybridized carbons (Fsp3) is 0.524. The molecule has 1 aliphatic rings. The molecule has 1 saturated heterocycles. The van der Waals surface area contributed by atoms with Gasteiger partial charge < -0.3 is 24.7 Å². The fourth-order valence-electron chi connectivity index (χ4n) is 3.03. The minimum atomic E-state index is -0.483. The molecule has 2 N–H and O–H groups in total. The van der Waals surface area contributed by atoms with Crippen LogP contribution in [0.25, 0.3) is 0 Å². The summed E-state index contributed by atoms with van der Waals surface area (Å²) in [5.74, 6) is 1.69. The number of carbonyl (C=O) groups is 1. The summed E-state index contributed by atoms with van der Waals surface area (Å²) in [7, 11) is 0. The van der Waals surface area contributed by atoms with E-state index in [4.69, 9.17) is 14.1 Å². The highest BCUT2D eigenvalue weighted by Crippen LogP contribution is 2.15. The maximum atomic E-state index is 12.3. The molecule has 158 valence electrons. The van der Waals surface area contributed by atoms with Gasteiger partial charge in [0.2, 0.25) is 0 Å². The molecule has 8 heteroatoms. The zero-order valence-corrected chi connectivity index (χ0v) is 18.1. The SMILES string of the molecule is CC(C)(C)OC(=O)N1CCC(NC(=NCc2cccs2)NCCc2ccco2)C1. The van der Waals surface area contributed by atoms with E-state index in [2.05, 4.69) is 22.1 Å². The van der Waals surface area contributed by atoms with Crippen molar-refractivity contribution in [3.8, 4) is 0 Å². The summed E-state index contributed by atoms with van der Waals surface area (Å²) < 4.78 is 10.9. The molecule has 0 saturated carbocycles. The van der Waals surface area contributed by atoms with Crippen molar-refractivity contribution in [1.82, 2.24) is 15.5 Å². The highest BCUT2D eigenvalue weighted by atomic mass is 32.1. The van der Waals surface area contributed by atoms with Gasteiger partial charge in [-0.05, 0) is 50.8 Å². The molecule has 1 fully saturated rings. The van der Waals surface area contributed by atoms with E-state index in [9.17, 15) is 4.79 Å². The number of nitrogens with one attached hydrogen (secondary N) is 2. The molecule has 0 bridgehead atoms. The van der Waals surface area contributed by atoms with Gasteiger partial charge >= 0.3 is 6.09 Å². The van der Waals surface area contributed by atoms with E-state index in [1.807, 2.05) is 39.0 Å². The van der Waals surface area contributed by atoms with Gasteiger partial charge in [0.25, 0.3) is 0 Å². The van der Waals surface area contributed by atoms with E-state index < -0.39 is 5.60 Å². The topological polar surface area (TPSA) is 79.1 Å². The normalized spacial score (nSPS) is 17.4. The Morgan fingerprint density at radius 1 is 1.38 bits per heavy atom. The molecule has 1 aliphatic heterocycles. The van der Waals surface area contributed by atoms with Crippen molar-refractivity contribution in [3.63, 3.8) is 0 Å². The molecule has 0 aliphatic carbocycles. The van der Waals surface area contributed by atoms with E-state index in [0.717, 1.165) is 24.6 Å². The van der Waals surface area contributed by atoms with Gasteiger partial charge in [0, 0.05) is 37.0 Å². The van der Waals surface area contributed by atoms with Crippen LogP contribution < -0.4 is 10.6 Å². The second-order valence-electron chi connectivity index (χ2n) is 8.06. The number of ether oxygens (including phenoxy) is 1. The van der Waals surface area contributed by atoms with Crippen LogP contribution in [0.3, 0.4) is 0 Å². The van der Waals surface area contributed by atoms with Crippen molar-refractivity contribution in [1.29, 1.82) is 0 Å². The molecule has 1 unspecified atom stereocenters. The molecule has 1 atom stereocenters. The van der Waals surface area contributed by atoms with Crippen LogP contribution in [-0.2, 0) is 17.7 Å². The average Bonchev–Trinajstić information content (AvgIpc) is 3.40. The average molecular weight is 419 g/mol. The molecule has 2 aromatic heterocycles. The number of guanidine groups is 1. The molecule has 3 rings (SSSR count). The lowest BCUT2D eigenvalue weighted by Gasteiger charge is -2.24. The van der Waals surface area contributed by atoms with Gasteiger partial charge in [-0.15, -0.1) is 11.3 Å². The van der Waals surface area contributed by atoms with Crippen LogP contribution in [0.4, 0.5) is 4.79 Å². The van der Waals surface area contributed by atoms with Crippen LogP contribution in [0, 0.1) is 0 Å². The maximum absolute atomic E-state index is 12.3. The molecule has 2 aromatic rings. The van der Waals surface area contributed by atoms with Crippen LogP contribution in [0.1, 0.15) is 37.8 Å². The molecule has 1 amide bonds. The van der Waals surface area contributed by atoms with Crippen LogP contribution >= 0.6 is 11.3 Å². The Kier molecular flexibility index (Phi) is 7.19. The van der Waals surface area contributed by atoms with E-state index in [1.165, 1.54) is 4.88 Å². The predicted molar refractivity (Wildman–Crippen MR) is 115 cm³/mol.